The van der Waals surface area contributed by atoms with E-state index in [0.717, 1.165) is 0 Å². The summed E-state index contributed by atoms with van der Waals surface area (Å²) in [5, 5.41) is 3.87. The molecule has 1 aliphatic heterocycles. The molecule has 2 aromatic carbocycles. The van der Waals surface area contributed by atoms with Crippen molar-refractivity contribution in [3.8, 4) is 0 Å². The third kappa shape index (κ3) is 2.49. The Kier molecular flexibility index (Phi) is 3.73. The van der Waals surface area contributed by atoms with E-state index in [2.05, 4.69) is 74.0 Å². The van der Waals surface area contributed by atoms with Gasteiger partial charge < -0.3 is 5.32 Å². The zero-order chi connectivity index (χ0) is 16.0. The lowest BCUT2D eigenvalue weighted by Crippen LogP contribution is -2.29. The maximum atomic E-state index is 3.87. The molecule has 0 aromatic heterocycles. The molecule has 3 unspecified atom stereocenters. The van der Waals surface area contributed by atoms with Gasteiger partial charge in [0.25, 0.3) is 0 Å². The van der Waals surface area contributed by atoms with Crippen molar-refractivity contribution < 1.29 is 0 Å². The Morgan fingerprint density at radius 1 is 1.09 bits per heavy atom. The third-order valence-corrected chi connectivity index (χ3v) is 6.03. The number of allylic oxidation sites excluding steroid dienone is 2. The molecule has 0 bridgehead atoms. The Balaban J connectivity index is 1.78. The minimum atomic E-state index is 0.403. The maximum absolute atomic E-state index is 3.87. The van der Waals surface area contributed by atoms with Crippen LogP contribution in [0.25, 0.3) is 0 Å². The van der Waals surface area contributed by atoms with Crippen LogP contribution in [0.1, 0.15) is 40.6 Å². The van der Waals surface area contributed by atoms with Gasteiger partial charge in [0, 0.05) is 16.5 Å². The molecule has 0 saturated carbocycles. The zero-order valence-electron chi connectivity index (χ0n) is 14.0. The first-order valence-corrected chi connectivity index (χ1v) is 9.58. The van der Waals surface area contributed by atoms with E-state index in [0.29, 0.717) is 17.9 Å². The summed E-state index contributed by atoms with van der Waals surface area (Å²) < 4.78 is 0. The highest BCUT2D eigenvalue weighted by Crippen LogP contribution is 2.50. The molecule has 1 N–H and O–H groups in total. The van der Waals surface area contributed by atoms with Crippen molar-refractivity contribution in [2.45, 2.75) is 37.1 Å². The number of thioether (sulfide) groups is 1. The van der Waals surface area contributed by atoms with Gasteiger partial charge >= 0.3 is 0 Å². The number of hydrogen-bond acceptors (Lipinski definition) is 2. The van der Waals surface area contributed by atoms with Gasteiger partial charge in [0.05, 0.1) is 6.04 Å². The summed E-state index contributed by atoms with van der Waals surface area (Å²) >= 11 is 1.80. The Morgan fingerprint density at radius 2 is 1.87 bits per heavy atom. The van der Waals surface area contributed by atoms with Gasteiger partial charge in [-0.05, 0) is 61.3 Å². The lowest BCUT2D eigenvalue weighted by molar-refractivity contribution is 0.425. The van der Waals surface area contributed by atoms with Crippen molar-refractivity contribution in [3.63, 3.8) is 0 Å². The van der Waals surface area contributed by atoms with Crippen molar-refractivity contribution in [2.75, 3.05) is 11.6 Å². The fourth-order valence-corrected chi connectivity index (χ4v) is 4.62. The molecular weight excluding hydrogens is 298 g/mol. The molecule has 3 atom stereocenters. The summed E-state index contributed by atoms with van der Waals surface area (Å²) in [5.41, 5.74) is 6.97. The predicted octanol–water partition coefficient (Wildman–Crippen LogP) is 5.85. The standard InChI is InChI=1S/C21H23NS/c1-13-11-14(2)20-19(12-13)17-5-4-6-18(17)21(22-20)15-7-9-16(23-3)10-8-15/h4-5,7-12,17-18,21-22H,6H2,1-3H3. The average molecular weight is 321 g/mol. The first kappa shape index (κ1) is 14.9. The lowest BCUT2D eigenvalue weighted by Gasteiger charge is -2.38. The predicted molar refractivity (Wildman–Crippen MR) is 100 cm³/mol. The minimum Gasteiger partial charge on any atom is -0.377 e. The van der Waals surface area contributed by atoms with Gasteiger partial charge in [-0.1, -0.05) is 42.0 Å². The topological polar surface area (TPSA) is 12.0 Å². The summed E-state index contributed by atoms with van der Waals surface area (Å²) in [6.07, 6.45) is 8.09. The van der Waals surface area contributed by atoms with Crippen LogP contribution in [0.4, 0.5) is 5.69 Å². The smallest absolute Gasteiger partial charge is 0.0554 e. The molecule has 0 saturated heterocycles. The molecule has 2 heteroatoms. The lowest BCUT2D eigenvalue weighted by atomic mass is 9.76. The summed E-state index contributed by atoms with van der Waals surface area (Å²) in [7, 11) is 0. The number of rotatable bonds is 2. The number of fused-ring (bicyclic) bond motifs is 3. The highest BCUT2D eigenvalue weighted by atomic mass is 32.2. The van der Waals surface area contributed by atoms with Crippen LogP contribution in [0, 0.1) is 19.8 Å². The Labute approximate surface area is 143 Å². The highest BCUT2D eigenvalue weighted by molar-refractivity contribution is 7.98. The molecule has 0 spiro atoms. The second-order valence-electron chi connectivity index (χ2n) is 6.79. The number of benzene rings is 2. The van der Waals surface area contributed by atoms with Crippen LogP contribution in [0.5, 0.6) is 0 Å². The van der Waals surface area contributed by atoms with Crippen molar-refractivity contribution in [3.05, 3.63) is 70.8 Å². The average Bonchev–Trinajstić information content (AvgIpc) is 3.04. The van der Waals surface area contributed by atoms with E-state index in [1.165, 1.54) is 39.3 Å². The van der Waals surface area contributed by atoms with Crippen LogP contribution >= 0.6 is 11.8 Å². The van der Waals surface area contributed by atoms with Gasteiger partial charge in [0.15, 0.2) is 0 Å². The molecule has 0 fully saturated rings. The monoisotopic (exact) mass is 321 g/mol. The third-order valence-electron chi connectivity index (χ3n) is 5.29. The van der Waals surface area contributed by atoms with E-state index in [1.54, 1.807) is 11.8 Å². The summed E-state index contributed by atoms with van der Waals surface area (Å²) in [5.74, 6) is 1.18. The number of hydrogen-bond donors (Lipinski definition) is 1. The van der Waals surface area contributed by atoms with Gasteiger partial charge in [0.2, 0.25) is 0 Å². The van der Waals surface area contributed by atoms with Crippen LogP contribution in [-0.4, -0.2) is 6.26 Å². The van der Waals surface area contributed by atoms with E-state index < -0.39 is 0 Å². The Hall–Kier alpha value is -1.67. The van der Waals surface area contributed by atoms with Crippen molar-refractivity contribution in [1.29, 1.82) is 0 Å². The van der Waals surface area contributed by atoms with Crippen molar-refractivity contribution in [2.24, 2.45) is 5.92 Å². The SMILES string of the molecule is CSc1ccc(C2Nc3c(C)cc(C)cc3C3C=CCC32)cc1. The van der Waals surface area contributed by atoms with Crippen LogP contribution in [0.2, 0.25) is 0 Å². The molecule has 1 aliphatic carbocycles. The van der Waals surface area contributed by atoms with Gasteiger partial charge in [0.1, 0.15) is 0 Å². The molecule has 4 rings (SSSR count). The molecule has 2 aromatic rings. The molecule has 1 nitrogen and oxygen atoms in total. The summed E-state index contributed by atoms with van der Waals surface area (Å²) in [6, 6.07) is 14.2. The van der Waals surface area contributed by atoms with Gasteiger partial charge in [-0.2, -0.15) is 0 Å². The van der Waals surface area contributed by atoms with Crippen LogP contribution in [0.15, 0.2) is 53.4 Å². The largest absolute Gasteiger partial charge is 0.377 e. The van der Waals surface area contributed by atoms with Crippen molar-refractivity contribution in [1.82, 2.24) is 0 Å². The van der Waals surface area contributed by atoms with E-state index in [4.69, 9.17) is 0 Å². The first-order valence-electron chi connectivity index (χ1n) is 8.35. The van der Waals surface area contributed by atoms with Gasteiger partial charge in [-0.15, -0.1) is 11.8 Å². The molecule has 1 heterocycles. The molecule has 2 aliphatic rings. The zero-order valence-corrected chi connectivity index (χ0v) is 14.8. The van der Waals surface area contributed by atoms with Gasteiger partial charge in [-0.25, -0.2) is 0 Å². The number of anilines is 1. The quantitative estimate of drug-likeness (QED) is 0.550. The fraction of sp³-hybridized carbons (Fsp3) is 0.333. The van der Waals surface area contributed by atoms with Crippen molar-refractivity contribution >= 4 is 17.4 Å². The second-order valence-corrected chi connectivity index (χ2v) is 7.67. The second kappa shape index (κ2) is 5.76. The fourth-order valence-electron chi connectivity index (χ4n) is 4.21. The Bertz CT molecular complexity index is 760. The molecular formula is C21H23NS. The van der Waals surface area contributed by atoms with E-state index in [1.807, 2.05) is 0 Å². The molecule has 0 radical (unpaired) electrons. The minimum absolute atomic E-state index is 0.403. The highest BCUT2D eigenvalue weighted by Gasteiger charge is 2.38. The van der Waals surface area contributed by atoms with E-state index in [9.17, 15) is 0 Å². The normalized spacial score (nSPS) is 24.9. The van der Waals surface area contributed by atoms with Gasteiger partial charge in [-0.3, -0.25) is 0 Å². The Morgan fingerprint density at radius 3 is 2.61 bits per heavy atom. The first-order chi connectivity index (χ1) is 11.2. The maximum Gasteiger partial charge on any atom is 0.0554 e. The van der Waals surface area contributed by atoms with E-state index >= 15 is 0 Å². The van der Waals surface area contributed by atoms with E-state index in [-0.39, 0.29) is 0 Å². The summed E-state index contributed by atoms with van der Waals surface area (Å²) in [4.78, 5) is 1.33. The molecule has 0 amide bonds. The summed E-state index contributed by atoms with van der Waals surface area (Å²) in [6.45, 7) is 4.43. The number of aryl methyl sites for hydroxylation is 2. The van der Waals surface area contributed by atoms with Crippen LogP contribution in [-0.2, 0) is 0 Å². The molecule has 23 heavy (non-hydrogen) atoms. The number of nitrogens with one attached hydrogen (secondary N) is 1. The van der Waals surface area contributed by atoms with Crippen LogP contribution < -0.4 is 5.32 Å². The molecule has 118 valence electrons. The van der Waals surface area contributed by atoms with Crippen LogP contribution in [0.3, 0.4) is 0 Å².